The zero-order valence-electron chi connectivity index (χ0n) is 8.21. The highest BCUT2D eigenvalue weighted by Gasteiger charge is 2.29. The van der Waals surface area contributed by atoms with Gasteiger partial charge in [0.15, 0.2) is 0 Å². The Morgan fingerprint density at radius 1 is 1.47 bits per heavy atom. The van der Waals surface area contributed by atoms with Crippen molar-refractivity contribution in [2.24, 2.45) is 11.7 Å². The molecule has 1 fully saturated rings. The molecular formula is C11H13BrClNO. The van der Waals surface area contributed by atoms with E-state index in [9.17, 15) is 5.11 Å². The number of benzene rings is 1. The molecule has 0 bridgehead atoms. The van der Waals surface area contributed by atoms with E-state index in [1.807, 2.05) is 6.07 Å². The molecule has 2 nitrogen and oxygen atoms in total. The third-order valence-electron chi connectivity index (χ3n) is 3.11. The van der Waals surface area contributed by atoms with Crippen LogP contribution in [0.3, 0.4) is 0 Å². The molecule has 82 valence electrons. The normalized spacial score (nSPS) is 18.6. The van der Waals surface area contributed by atoms with Crippen LogP contribution in [0.15, 0.2) is 16.6 Å². The highest BCUT2D eigenvalue weighted by Crippen LogP contribution is 2.43. The number of phenolic OH excluding ortho intramolecular Hbond substituents is 1. The molecule has 0 aromatic heterocycles. The fourth-order valence-corrected chi connectivity index (χ4v) is 2.66. The highest BCUT2D eigenvalue weighted by atomic mass is 79.9. The highest BCUT2D eigenvalue weighted by molar-refractivity contribution is 9.10. The van der Waals surface area contributed by atoms with Crippen LogP contribution in [0.25, 0.3) is 0 Å². The molecule has 0 heterocycles. The van der Waals surface area contributed by atoms with Crippen LogP contribution >= 0.6 is 27.5 Å². The van der Waals surface area contributed by atoms with Crippen molar-refractivity contribution in [1.82, 2.24) is 0 Å². The summed E-state index contributed by atoms with van der Waals surface area (Å²) in [6.07, 6.45) is 3.51. The fourth-order valence-electron chi connectivity index (χ4n) is 1.91. The quantitative estimate of drug-likeness (QED) is 0.874. The summed E-state index contributed by atoms with van der Waals surface area (Å²) in [5.74, 6) is 0.594. The number of halogens is 2. The van der Waals surface area contributed by atoms with E-state index in [-0.39, 0.29) is 11.8 Å². The molecule has 0 aliphatic heterocycles. The molecule has 1 saturated carbocycles. The molecule has 1 aromatic carbocycles. The molecule has 0 spiro atoms. The molecule has 1 aliphatic rings. The Hall–Kier alpha value is -0.250. The van der Waals surface area contributed by atoms with E-state index in [1.54, 1.807) is 6.07 Å². The molecule has 15 heavy (non-hydrogen) atoms. The van der Waals surface area contributed by atoms with Crippen molar-refractivity contribution in [3.63, 3.8) is 0 Å². The third kappa shape index (κ3) is 2.01. The second-order valence-electron chi connectivity index (χ2n) is 4.01. The second kappa shape index (κ2) is 4.32. The van der Waals surface area contributed by atoms with Crippen molar-refractivity contribution in [3.8, 4) is 5.75 Å². The summed E-state index contributed by atoms with van der Waals surface area (Å²) < 4.78 is 0.837. The van der Waals surface area contributed by atoms with E-state index in [0.29, 0.717) is 10.9 Å². The SMILES string of the molecule is N[C@H](c1c(Br)ccc(Cl)c1O)C1CCC1. The van der Waals surface area contributed by atoms with Crippen LogP contribution in [0.4, 0.5) is 0 Å². The van der Waals surface area contributed by atoms with Crippen LogP contribution in [0.1, 0.15) is 30.9 Å². The van der Waals surface area contributed by atoms with Crippen molar-refractivity contribution >= 4 is 27.5 Å². The summed E-state index contributed by atoms with van der Waals surface area (Å²) in [5, 5.41) is 10.2. The summed E-state index contributed by atoms with van der Waals surface area (Å²) >= 11 is 9.27. The first-order valence-corrected chi connectivity index (χ1v) is 6.21. The average Bonchev–Trinajstić information content (AvgIpc) is 2.09. The minimum Gasteiger partial charge on any atom is -0.506 e. The van der Waals surface area contributed by atoms with E-state index in [0.717, 1.165) is 22.9 Å². The van der Waals surface area contributed by atoms with Gasteiger partial charge in [0.25, 0.3) is 0 Å². The van der Waals surface area contributed by atoms with Crippen LogP contribution in [0, 0.1) is 5.92 Å². The van der Waals surface area contributed by atoms with E-state index >= 15 is 0 Å². The molecule has 0 saturated heterocycles. The minimum absolute atomic E-state index is 0.116. The van der Waals surface area contributed by atoms with E-state index < -0.39 is 0 Å². The molecule has 0 unspecified atom stereocenters. The van der Waals surface area contributed by atoms with Gasteiger partial charge < -0.3 is 10.8 Å². The molecule has 1 atom stereocenters. The van der Waals surface area contributed by atoms with Crippen molar-refractivity contribution < 1.29 is 5.11 Å². The van der Waals surface area contributed by atoms with Gasteiger partial charge in [-0.15, -0.1) is 0 Å². The lowest BCUT2D eigenvalue weighted by Gasteiger charge is -2.32. The first-order chi connectivity index (χ1) is 7.11. The average molecular weight is 291 g/mol. The summed E-state index contributed by atoms with van der Waals surface area (Å²) in [5.41, 5.74) is 6.86. The smallest absolute Gasteiger partial charge is 0.140 e. The Labute approximate surface area is 103 Å². The van der Waals surface area contributed by atoms with Crippen LogP contribution in [0.2, 0.25) is 5.02 Å². The van der Waals surface area contributed by atoms with Crippen molar-refractivity contribution in [3.05, 3.63) is 27.2 Å². The largest absolute Gasteiger partial charge is 0.506 e. The number of phenols is 1. The first-order valence-electron chi connectivity index (χ1n) is 5.03. The van der Waals surface area contributed by atoms with Crippen LogP contribution in [0.5, 0.6) is 5.75 Å². The topological polar surface area (TPSA) is 46.2 Å². The lowest BCUT2D eigenvalue weighted by molar-refractivity contribution is 0.260. The number of rotatable bonds is 2. The number of nitrogens with two attached hydrogens (primary N) is 1. The molecule has 0 amide bonds. The van der Waals surface area contributed by atoms with E-state index in [1.165, 1.54) is 6.42 Å². The van der Waals surface area contributed by atoms with Crippen LogP contribution in [-0.4, -0.2) is 5.11 Å². The Morgan fingerprint density at radius 3 is 2.67 bits per heavy atom. The van der Waals surface area contributed by atoms with Gasteiger partial charge >= 0.3 is 0 Å². The molecular weight excluding hydrogens is 277 g/mol. The minimum atomic E-state index is -0.119. The van der Waals surface area contributed by atoms with Crippen LogP contribution < -0.4 is 5.73 Å². The first kappa shape index (κ1) is 11.2. The molecule has 4 heteroatoms. The van der Waals surface area contributed by atoms with Gasteiger partial charge in [-0.2, -0.15) is 0 Å². The van der Waals surface area contributed by atoms with Gasteiger partial charge in [0.2, 0.25) is 0 Å². The number of hydrogen-bond acceptors (Lipinski definition) is 2. The lowest BCUT2D eigenvalue weighted by Crippen LogP contribution is -2.27. The van der Waals surface area contributed by atoms with Crippen LogP contribution in [-0.2, 0) is 0 Å². The van der Waals surface area contributed by atoms with Crippen molar-refractivity contribution in [2.45, 2.75) is 25.3 Å². The molecule has 1 aromatic rings. The third-order valence-corrected chi connectivity index (χ3v) is 4.10. The van der Waals surface area contributed by atoms with Crippen molar-refractivity contribution in [1.29, 1.82) is 0 Å². The molecule has 0 radical (unpaired) electrons. The Balaban J connectivity index is 2.36. The van der Waals surface area contributed by atoms with E-state index in [2.05, 4.69) is 15.9 Å². The Morgan fingerprint density at radius 2 is 2.13 bits per heavy atom. The number of aromatic hydroxyl groups is 1. The van der Waals surface area contributed by atoms with Gasteiger partial charge in [-0.05, 0) is 30.9 Å². The van der Waals surface area contributed by atoms with Gasteiger partial charge in [-0.3, -0.25) is 0 Å². The standard InChI is InChI=1S/C11H13BrClNO/c12-7-4-5-8(13)11(15)9(7)10(14)6-2-1-3-6/h4-6,10,15H,1-3,14H2/t10-/m0/s1. The summed E-state index contributed by atoms with van der Waals surface area (Å²) in [6.45, 7) is 0. The lowest BCUT2D eigenvalue weighted by atomic mass is 9.77. The molecule has 1 aliphatic carbocycles. The van der Waals surface area contributed by atoms with Gasteiger partial charge in [0, 0.05) is 16.1 Å². The predicted molar refractivity (Wildman–Crippen MR) is 65.1 cm³/mol. The van der Waals surface area contributed by atoms with Gasteiger partial charge in [-0.1, -0.05) is 34.0 Å². The van der Waals surface area contributed by atoms with Gasteiger partial charge in [0.1, 0.15) is 5.75 Å². The predicted octanol–water partition coefficient (Wildman–Crippen LogP) is 3.61. The molecule has 3 N–H and O–H groups in total. The zero-order chi connectivity index (χ0) is 11.0. The Kier molecular flexibility index (Phi) is 3.24. The monoisotopic (exact) mass is 289 g/mol. The van der Waals surface area contributed by atoms with Gasteiger partial charge in [0.05, 0.1) is 5.02 Å². The van der Waals surface area contributed by atoms with Crippen molar-refractivity contribution in [2.75, 3.05) is 0 Å². The summed E-state index contributed by atoms with van der Waals surface area (Å²) in [4.78, 5) is 0. The second-order valence-corrected chi connectivity index (χ2v) is 5.27. The zero-order valence-corrected chi connectivity index (χ0v) is 10.6. The summed E-state index contributed by atoms with van der Waals surface area (Å²) in [7, 11) is 0. The maximum Gasteiger partial charge on any atom is 0.140 e. The summed E-state index contributed by atoms with van der Waals surface area (Å²) in [6, 6.07) is 3.38. The maximum atomic E-state index is 9.88. The Bertz CT molecular complexity index is 379. The number of hydrogen-bond donors (Lipinski definition) is 2. The van der Waals surface area contributed by atoms with E-state index in [4.69, 9.17) is 17.3 Å². The van der Waals surface area contributed by atoms with Gasteiger partial charge in [-0.25, -0.2) is 0 Å². The molecule has 2 rings (SSSR count). The maximum absolute atomic E-state index is 9.88. The fraction of sp³-hybridized carbons (Fsp3) is 0.455.